The molecule has 0 spiro atoms. The number of non-ortho nitro benzene ring substituents is 1. The number of methoxy groups -OCH3 is 1. The summed E-state index contributed by atoms with van der Waals surface area (Å²) in [5.41, 5.74) is -0.865. The number of nitrogens with one attached hydrogen (secondary N) is 2. The molecule has 1 aliphatic rings. The number of anilines is 1. The van der Waals surface area contributed by atoms with Crippen LogP contribution in [0.25, 0.3) is 0 Å². The third-order valence-corrected chi connectivity index (χ3v) is 4.92. The summed E-state index contributed by atoms with van der Waals surface area (Å²) in [5.74, 6) is -1.20. The van der Waals surface area contributed by atoms with E-state index in [1.54, 1.807) is 24.3 Å². The summed E-state index contributed by atoms with van der Waals surface area (Å²) in [6, 6.07) is 9.36. The van der Waals surface area contributed by atoms with Gasteiger partial charge in [-0.15, -0.1) is 0 Å². The van der Waals surface area contributed by atoms with Crippen LogP contribution < -0.4 is 15.4 Å². The second kappa shape index (κ2) is 7.99. The molecule has 1 saturated heterocycles. The molecule has 0 radical (unpaired) electrons. The molecule has 2 aromatic rings. The van der Waals surface area contributed by atoms with Gasteiger partial charge in [-0.3, -0.25) is 24.6 Å². The van der Waals surface area contributed by atoms with Crippen molar-refractivity contribution in [2.45, 2.75) is 12.5 Å². The molecule has 0 saturated carbocycles. The third kappa shape index (κ3) is 3.90. The van der Waals surface area contributed by atoms with Crippen molar-refractivity contribution in [1.82, 2.24) is 10.2 Å². The van der Waals surface area contributed by atoms with Gasteiger partial charge in [0.15, 0.2) is 0 Å². The summed E-state index contributed by atoms with van der Waals surface area (Å²) >= 11 is 5.87. The van der Waals surface area contributed by atoms with Crippen molar-refractivity contribution in [2.24, 2.45) is 0 Å². The summed E-state index contributed by atoms with van der Waals surface area (Å²) < 4.78 is 5.06. The number of halogens is 1. The number of nitro benzene ring substituents is 1. The average molecular weight is 433 g/mol. The van der Waals surface area contributed by atoms with Gasteiger partial charge in [0.2, 0.25) is 5.91 Å². The minimum Gasteiger partial charge on any atom is -0.494 e. The molecule has 1 fully saturated rings. The first-order chi connectivity index (χ1) is 14.2. The normalized spacial score (nSPS) is 18.2. The lowest BCUT2D eigenvalue weighted by molar-refractivity contribution is -0.384. The summed E-state index contributed by atoms with van der Waals surface area (Å²) in [7, 11) is 1.30. The molecule has 1 aliphatic heterocycles. The van der Waals surface area contributed by atoms with Crippen LogP contribution in [0.4, 0.5) is 16.2 Å². The molecule has 1 atom stereocenters. The molecular weight excluding hydrogens is 416 g/mol. The van der Waals surface area contributed by atoms with Crippen molar-refractivity contribution in [1.29, 1.82) is 0 Å². The van der Waals surface area contributed by atoms with Crippen molar-refractivity contribution in [3.63, 3.8) is 0 Å². The summed E-state index contributed by atoms with van der Waals surface area (Å²) in [4.78, 5) is 48.8. The van der Waals surface area contributed by atoms with E-state index in [1.807, 2.05) is 0 Å². The van der Waals surface area contributed by atoms with Crippen molar-refractivity contribution in [2.75, 3.05) is 19.0 Å². The van der Waals surface area contributed by atoms with Crippen LogP contribution in [0.3, 0.4) is 0 Å². The molecule has 0 aromatic heterocycles. The van der Waals surface area contributed by atoms with Crippen LogP contribution in [0, 0.1) is 10.1 Å². The number of urea groups is 1. The van der Waals surface area contributed by atoms with Crippen molar-refractivity contribution in [3.05, 3.63) is 63.2 Å². The maximum absolute atomic E-state index is 12.9. The molecule has 11 heteroatoms. The first kappa shape index (κ1) is 21.1. The topological polar surface area (TPSA) is 131 Å². The first-order valence-corrected chi connectivity index (χ1v) is 9.06. The largest absolute Gasteiger partial charge is 0.494 e. The second-order valence-corrected chi connectivity index (χ2v) is 7.08. The van der Waals surface area contributed by atoms with Crippen molar-refractivity contribution in [3.8, 4) is 5.75 Å². The van der Waals surface area contributed by atoms with Crippen LogP contribution in [-0.2, 0) is 15.1 Å². The number of benzene rings is 2. The Morgan fingerprint density at radius 2 is 1.93 bits per heavy atom. The minimum atomic E-state index is -1.34. The first-order valence-electron chi connectivity index (χ1n) is 8.68. The molecule has 156 valence electrons. The van der Waals surface area contributed by atoms with Crippen LogP contribution in [0.15, 0.2) is 42.5 Å². The lowest BCUT2D eigenvalue weighted by atomic mass is 9.92. The van der Waals surface area contributed by atoms with E-state index in [-0.39, 0.29) is 17.1 Å². The van der Waals surface area contributed by atoms with E-state index in [2.05, 4.69) is 10.6 Å². The van der Waals surface area contributed by atoms with Gasteiger partial charge in [0.1, 0.15) is 17.8 Å². The summed E-state index contributed by atoms with van der Waals surface area (Å²) in [6.07, 6.45) is 0. The second-order valence-electron chi connectivity index (χ2n) is 6.64. The number of hydrogen-bond donors (Lipinski definition) is 2. The smallest absolute Gasteiger partial charge is 0.325 e. The van der Waals surface area contributed by atoms with Crippen molar-refractivity contribution < 1.29 is 24.0 Å². The van der Waals surface area contributed by atoms with Crippen LogP contribution in [0.1, 0.15) is 12.5 Å². The Kier molecular flexibility index (Phi) is 5.61. The standard InChI is InChI=1S/C19H17ClN4O6/c1-19(11-3-5-12(20)6-4-11)17(26)23(18(27)22-19)10-16(25)21-14-8-7-13(24(28)29)9-15(14)30-2/h3-9H,10H2,1-2H3,(H,21,25)(H,22,27)/t19-/m1/s1. The maximum atomic E-state index is 12.9. The van der Waals surface area contributed by atoms with Gasteiger partial charge < -0.3 is 15.4 Å². The molecular formula is C19H17ClN4O6. The maximum Gasteiger partial charge on any atom is 0.325 e. The molecule has 0 bridgehead atoms. The average Bonchev–Trinajstić information content (AvgIpc) is 2.92. The Hall–Kier alpha value is -3.66. The quantitative estimate of drug-likeness (QED) is 0.410. The third-order valence-electron chi connectivity index (χ3n) is 4.67. The molecule has 1 heterocycles. The van der Waals surface area contributed by atoms with Crippen LogP contribution in [0.5, 0.6) is 5.75 Å². The summed E-state index contributed by atoms with van der Waals surface area (Å²) in [6.45, 7) is 0.988. The van der Waals surface area contributed by atoms with Gasteiger partial charge in [0.05, 0.1) is 23.8 Å². The molecule has 10 nitrogen and oxygen atoms in total. The van der Waals surface area contributed by atoms with E-state index in [9.17, 15) is 24.5 Å². The zero-order valence-electron chi connectivity index (χ0n) is 16.0. The Labute approximate surface area is 175 Å². The molecule has 2 aromatic carbocycles. The van der Waals surface area contributed by atoms with Crippen molar-refractivity contribution >= 4 is 40.8 Å². The highest BCUT2D eigenvalue weighted by molar-refractivity contribution is 6.30. The molecule has 3 rings (SSSR count). The van der Waals surface area contributed by atoms with Gasteiger partial charge in [-0.2, -0.15) is 0 Å². The van der Waals surface area contributed by atoms with E-state index in [1.165, 1.54) is 26.2 Å². The number of nitrogens with zero attached hydrogens (tertiary/aromatic N) is 2. The van der Waals surface area contributed by atoms with Crippen LogP contribution in [0.2, 0.25) is 5.02 Å². The zero-order valence-corrected chi connectivity index (χ0v) is 16.7. The predicted molar refractivity (Wildman–Crippen MR) is 107 cm³/mol. The minimum absolute atomic E-state index is 0.0701. The predicted octanol–water partition coefficient (Wildman–Crippen LogP) is 2.66. The lowest BCUT2D eigenvalue weighted by Gasteiger charge is -2.22. The number of amides is 4. The Morgan fingerprint density at radius 3 is 2.53 bits per heavy atom. The van der Waals surface area contributed by atoms with E-state index in [4.69, 9.17) is 16.3 Å². The molecule has 30 heavy (non-hydrogen) atoms. The van der Waals surface area contributed by atoms with E-state index in [0.717, 1.165) is 11.0 Å². The fourth-order valence-corrected chi connectivity index (χ4v) is 3.18. The number of carbonyl (C=O) groups is 3. The number of hydrogen-bond acceptors (Lipinski definition) is 6. The number of carbonyl (C=O) groups excluding carboxylic acids is 3. The van der Waals surface area contributed by atoms with Crippen LogP contribution >= 0.6 is 11.6 Å². The highest BCUT2D eigenvalue weighted by atomic mass is 35.5. The van der Waals surface area contributed by atoms with E-state index in [0.29, 0.717) is 10.6 Å². The SMILES string of the molecule is COc1cc([N+](=O)[O-])ccc1NC(=O)CN1C(=O)N[C@](C)(c2ccc(Cl)cc2)C1=O. The summed E-state index contributed by atoms with van der Waals surface area (Å²) in [5, 5.41) is 16.4. The zero-order chi connectivity index (χ0) is 22.1. The number of ether oxygens (including phenoxy) is 1. The monoisotopic (exact) mass is 432 g/mol. The van der Waals surface area contributed by atoms with Crippen LogP contribution in [-0.4, -0.2) is 41.3 Å². The molecule has 0 unspecified atom stereocenters. The van der Waals surface area contributed by atoms with Gasteiger partial charge in [0, 0.05) is 11.1 Å². The Balaban J connectivity index is 1.76. The van der Waals surface area contributed by atoms with Gasteiger partial charge >= 0.3 is 6.03 Å². The highest BCUT2D eigenvalue weighted by Crippen LogP contribution is 2.31. The van der Waals surface area contributed by atoms with E-state index >= 15 is 0 Å². The van der Waals surface area contributed by atoms with Gasteiger partial charge in [0.25, 0.3) is 11.6 Å². The fraction of sp³-hybridized carbons (Fsp3) is 0.211. The molecule has 2 N–H and O–H groups in total. The number of rotatable bonds is 6. The number of imide groups is 1. The lowest BCUT2D eigenvalue weighted by Crippen LogP contribution is -2.42. The van der Waals surface area contributed by atoms with Gasteiger partial charge in [-0.25, -0.2) is 4.79 Å². The molecule has 0 aliphatic carbocycles. The van der Waals surface area contributed by atoms with E-state index < -0.39 is 34.9 Å². The van der Waals surface area contributed by atoms with Gasteiger partial charge in [-0.05, 0) is 30.7 Å². The fourth-order valence-electron chi connectivity index (χ4n) is 3.05. The Bertz CT molecular complexity index is 1040. The highest BCUT2D eigenvalue weighted by Gasteiger charge is 2.49. The number of nitro groups is 1. The van der Waals surface area contributed by atoms with Gasteiger partial charge in [-0.1, -0.05) is 23.7 Å². The molecule has 4 amide bonds. The Morgan fingerprint density at radius 1 is 1.27 bits per heavy atom.